The molecule has 0 amide bonds. The van der Waals surface area contributed by atoms with E-state index < -0.39 is 11.6 Å². The average molecular weight is 288 g/mol. The first-order valence-electron chi connectivity index (χ1n) is 6.78. The summed E-state index contributed by atoms with van der Waals surface area (Å²) in [5.41, 5.74) is 0.303. The van der Waals surface area contributed by atoms with Gasteiger partial charge >= 0.3 is 0 Å². The lowest BCUT2D eigenvalue weighted by Gasteiger charge is -2.16. The summed E-state index contributed by atoms with van der Waals surface area (Å²) in [6, 6.07) is 2.56. The maximum absolute atomic E-state index is 13.4. The smallest absolute Gasteiger partial charge is 0.162 e. The normalized spacial score (nSPS) is 12.8. The quantitative estimate of drug-likeness (QED) is 0.683. The molecule has 0 saturated carbocycles. The standard InChI is InChI=1S/C15H22F2O3/c1-5-12-6-13(7-14(16)15(12)17)18-8-11(4)20-9-19-10(2)3/h6-7,10-11H,5,8-9H2,1-4H3/t11-/m1/s1. The second-order valence-electron chi connectivity index (χ2n) is 4.85. The number of benzene rings is 1. The summed E-state index contributed by atoms with van der Waals surface area (Å²) < 4.78 is 42.7. The Bertz CT molecular complexity index is 422. The van der Waals surface area contributed by atoms with E-state index in [1.54, 1.807) is 6.92 Å². The predicted molar refractivity (Wildman–Crippen MR) is 72.9 cm³/mol. The van der Waals surface area contributed by atoms with E-state index in [2.05, 4.69) is 0 Å². The van der Waals surface area contributed by atoms with Crippen molar-refractivity contribution >= 4 is 0 Å². The van der Waals surface area contributed by atoms with Gasteiger partial charge in [0.15, 0.2) is 11.6 Å². The Hall–Kier alpha value is -1.20. The highest BCUT2D eigenvalue weighted by molar-refractivity contribution is 5.31. The van der Waals surface area contributed by atoms with Crippen molar-refractivity contribution in [2.45, 2.75) is 46.3 Å². The summed E-state index contributed by atoms with van der Waals surface area (Å²) in [4.78, 5) is 0. The third-order valence-corrected chi connectivity index (χ3v) is 2.70. The second-order valence-corrected chi connectivity index (χ2v) is 4.85. The lowest BCUT2D eigenvalue weighted by atomic mass is 10.1. The molecule has 1 aromatic carbocycles. The van der Waals surface area contributed by atoms with E-state index in [1.807, 2.05) is 20.8 Å². The molecule has 0 fully saturated rings. The molecule has 0 bridgehead atoms. The van der Waals surface area contributed by atoms with Gasteiger partial charge in [-0.1, -0.05) is 6.92 Å². The van der Waals surface area contributed by atoms with Crippen LogP contribution in [0.25, 0.3) is 0 Å². The molecule has 0 unspecified atom stereocenters. The van der Waals surface area contributed by atoms with E-state index in [4.69, 9.17) is 14.2 Å². The lowest BCUT2D eigenvalue weighted by molar-refractivity contribution is -0.112. The van der Waals surface area contributed by atoms with Crippen molar-refractivity contribution in [2.24, 2.45) is 0 Å². The largest absolute Gasteiger partial charge is 0.491 e. The van der Waals surface area contributed by atoms with E-state index >= 15 is 0 Å². The number of rotatable bonds is 8. The predicted octanol–water partition coefficient (Wildman–Crippen LogP) is 3.69. The van der Waals surface area contributed by atoms with Gasteiger partial charge < -0.3 is 14.2 Å². The van der Waals surface area contributed by atoms with Crippen LogP contribution in [0.5, 0.6) is 5.75 Å². The molecule has 0 saturated heterocycles. The Morgan fingerprint density at radius 2 is 1.80 bits per heavy atom. The van der Waals surface area contributed by atoms with Gasteiger partial charge in [-0.15, -0.1) is 0 Å². The van der Waals surface area contributed by atoms with Crippen LogP contribution in [0.3, 0.4) is 0 Å². The van der Waals surface area contributed by atoms with Gasteiger partial charge in [0.1, 0.15) is 19.1 Å². The van der Waals surface area contributed by atoms with Crippen molar-refractivity contribution in [3.63, 3.8) is 0 Å². The Kier molecular flexibility index (Phi) is 6.88. The fourth-order valence-corrected chi connectivity index (χ4v) is 1.51. The first-order chi connectivity index (χ1) is 9.43. The lowest BCUT2D eigenvalue weighted by Crippen LogP contribution is -2.21. The summed E-state index contributed by atoms with van der Waals surface area (Å²) in [6.45, 7) is 7.84. The van der Waals surface area contributed by atoms with Crippen LogP contribution in [0, 0.1) is 11.6 Å². The minimum Gasteiger partial charge on any atom is -0.491 e. The van der Waals surface area contributed by atoms with Gasteiger partial charge in [0.25, 0.3) is 0 Å². The summed E-state index contributed by atoms with van der Waals surface area (Å²) in [7, 11) is 0. The molecule has 20 heavy (non-hydrogen) atoms. The van der Waals surface area contributed by atoms with E-state index in [9.17, 15) is 8.78 Å². The molecule has 3 nitrogen and oxygen atoms in total. The van der Waals surface area contributed by atoms with Crippen molar-refractivity contribution in [3.8, 4) is 5.75 Å². The van der Waals surface area contributed by atoms with Crippen molar-refractivity contribution in [1.82, 2.24) is 0 Å². The van der Waals surface area contributed by atoms with Crippen LogP contribution >= 0.6 is 0 Å². The molecule has 1 rings (SSSR count). The Labute approximate surface area is 118 Å². The number of aryl methyl sites for hydroxylation is 1. The van der Waals surface area contributed by atoms with Gasteiger partial charge in [-0.25, -0.2) is 8.78 Å². The van der Waals surface area contributed by atoms with Gasteiger partial charge in [0.05, 0.1) is 12.2 Å². The van der Waals surface area contributed by atoms with E-state index in [0.29, 0.717) is 17.7 Å². The molecule has 0 spiro atoms. The van der Waals surface area contributed by atoms with E-state index in [-0.39, 0.29) is 25.6 Å². The number of hydrogen-bond acceptors (Lipinski definition) is 3. The molecule has 0 aliphatic rings. The summed E-state index contributed by atoms with van der Waals surface area (Å²) in [5.74, 6) is -1.40. The van der Waals surface area contributed by atoms with Gasteiger partial charge in [-0.2, -0.15) is 0 Å². The molecule has 114 valence electrons. The second kappa shape index (κ2) is 8.17. The zero-order chi connectivity index (χ0) is 15.1. The monoisotopic (exact) mass is 288 g/mol. The Morgan fingerprint density at radius 1 is 1.10 bits per heavy atom. The molecule has 0 N–H and O–H groups in total. The van der Waals surface area contributed by atoms with Crippen LogP contribution in [0.2, 0.25) is 0 Å². The number of ether oxygens (including phenoxy) is 3. The Morgan fingerprint density at radius 3 is 2.40 bits per heavy atom. The van der Waals surface area contributed by atoms with Crippen molar-refractivity contribution in [2.75, 3.05) is 13.4 Å². The van der Waals surface area contributed by atoms with E-state index in [0.717, 1.165) is 6.07 Å². The molecular weight excluding hydrogens is 266 g/mol. The molecule has 0 aliphatic heterocycles. The fourth-order valence-electron chi connectivity index (χ4n) is 1.51. The van der Waals surface area contributed by atoms with Gasteiger partial charge in [0.2, 0.25) is 0 Å². The summed E-state index contributed by atoms with van der Waals surface area (Å²) in [6.07, 6.45) is 0.308. The number of halogens is 2. The third-order valence-electron chi connectivity index (χ3n) is 2.70. The molecule has 1 atom stereocenters. The third kappa shape index (κ3) is 5.43. The van der Waals surface area contributed by atoms with Crippen LogP contribution in [0.4, 0.5) is 8.78 Å². The fraction of sp³-hybridized carbons (Fsp3) is 0.600. The van der Waals surface area contributed by atoms with Crippen LogP contribution in [0.1, 0.15) is 33.3 Å². The summed E-state index contributed by atoms with van der Waals surface area (Å²) >= 11 is 0. The molecule has 0 aromatic heterocycles. The zero-order valence-corrected chi connectivity index (χ0v) is 12.4. The first kappa shape index (κ1) is 16.9. The summed E-state index contributed by atoms with van der Waals surface area (Å²) in [5, 5.41) is 0. The average Bonchev–Trinajstić information content (AvgIpc) is 2.39. The van der Waals surface area contributed by atoms with Crippen LogP contribution < -0.4 is 4.74 Å². The van der Waals surface area contributed by atoms with Crippen LogP contribution in [-0.4, -0.2) is 25.6 Å². The highest BCUT2D eigenvalue weighted by Gasteiger charge is 2.11. The van der Waals surface area contributed by atoms with E-state index in [1.165, 1.54) is 6.07 Å². The molecule has 0 heterocycles. The van der Waals surface area contributed by atoms with Crippen molar-refractivity contribution in [3.05, 3.63) is 29.3 Å². The van der Waals surface area contributed by atoms with Crippen molar-refractivity contribution in [1.29, 1.82) is 0 Å². The van der Waals surface area contributed by atoms with Crippen molar-refractivity contribution < 1.29 is 23.0 Å². The highest BCUT2D eigenvalue weighted by atomic mass is 19.2. The van der Waals surface area contributed by atoms with Crippen LogP contribution in [-0.2, 0) is 15.9 Å². The molecule has 0 radical (unpaired) electrons. The minimum atomic E-state index is -0.893. The molecule has 1 aromatic rings. The topological polar surface area (TPSA) is 27.7 Å². The minimum absolute atomic E-state index is 0.0985. The highest BCUT2D eigenvalue weighted by Crippen LogP contribution is 2.21. The van der Waals surface area contributed by atoms with Gasteiger partial charge in [0, 0.05) is 6.07 Å². The van der Waals surface area contributed by atoms with Crippen LogP contribution in [0.15, 0.2) is 12.1 Å². The molecular formula is C15H22F2O3. The van der Waals surface area contributed by atoms with Gasteiger partial charge in [-0.05, 0) is 38.8 Å². The first-order valence-corrected chi connectivity index (χ1v) is 6.78. The SMILES string of the molecule is CCc1cc(OC[C@@H](C)OCOC(C)C)cc(F)c1F. The molecule has 5 heteroatoms. The molecule has 0 aliphatic carbocycles. The number of hydrogen-bond donors (Lipinski definition) is 0. The van der Waals surface area contributed by atoms with Gasteiger partial charge in [-0.3, -0.25) is 0 Å². The maximum atomic E-state index is 13.4. The zero-order valence-electron chi connectivity index (χ0n) is 12.4. The maximum Gasteiger partial charge on any atom is 0.162 e. The Balaban J connectivity index is 2.47.